The second-order valence-electron chi connectivity index (χ2n) is 11.1. The normalized spacial score (nSPS) is 14.4. The summed E-state index contributed by atoms with van der Waals surface area (Å²) < 4.78 is 14.8. The van der Waals surface area contributed by atoms with Crippen molar-refractivity contribution in [2.75, 3.05) is 45.7 Å². The third kappa shape index (κ3) is 8.57. The van der Waals surface area contributed by atoms with E-state index in [2.05, 4.69) is 83.5 Å². The SMILES string of the molecule is C=C=C(C=CC=C(C)c1ccc(Cn2c(=O)[nH]c3c(N)nc(OCCOC)[n+](CCCCC)c32)cc1)CN1CCCCC1. The zero-order valence-electron chi connectivity index (χ0n) is 26.0. The number of H-pyrrole nitrogens is 1. The molecule has 230 valence electrons. The molecule has 9 heteroatoms. The lowest BCUT2D eigenvalue weighted by atomic mass is 10.0. The molecule has 0 aliphatic carbocycles. The lowest BCUT2D eigenvalue weighted by molar-refractivity contribution is -0.682. The third-order valence-electron chi connectivity index (χ3n) is 7.88. The van der Waals surface area contributed by atoms with Gasteiger partial charge >= 0.3 is 11.7 Å². The Morgan fingerprint density at radius 1 is 1.19 bits per heavy atom. The molecular weight excluding hydrogens is 540 g/mol. The molecule has 0 radical (unpaired) electrons. The van der Waals surface area contributed by atoms with E-state index >= 15 is 0 Å². The Kier molecular flexibility index (Phi) is 12.0. The number of piperidine rings is 1. The predicted molar refractivity (Wildman–Crippen MR) is 173 cm³/mol. The zero-order chi connectivity index (χ0) is 30.6. The number of nitrogen functional groups attached to an aromatic ring is 1. The Morgan fingerprint density at radius 2 is 1.95 bits per heavy atom. The summed E-state index contributed by atoms with van der Waals surface area (Å²) in [4.78, 5) is 23.0. The first-order valence-corrected chi connectivity index (χ1v) is 15.4. The van der Waals surface area contributed by atoms with E-state index < -0.39 is 0 Å². The Balaban J connectivity index is 1.53. The summed E-state index contributed by atoms with van der Waals surface area (Å²) in [6, 6.07) is 8.71. The van der Waals surface area contributed by atoms with Crippen molar-refractivity contribution in [2.24, 2.45) is 0 Å². The first kappa shape index (κ1) is 32.0. The number of aromatic nitrogens is 4. The molecule has 3 heterocycles. The lowest BCUT2D eigenvalue weighted by Crippen LogP contribution is -2.41. The number of fused-ring (bicyclic) bond motifs is 1. The highest BCUT2D eigenvalue weighted by Crippen LogP contribution is 2.20. The zero-order valence-corrected chi connectivity index (χ0v) is 26.0. The highest BCUT2D eigenvalue weighted by molar-refractivity contribution is 5.79. The maximum Gasteiger partial charge on any atom is 0.436 e. The van der Waals surface area contributed by atoms with Crippen molar-refractivity contribution in [1.82, 2.24) is 19.4 Å². The van der Waals surface area contributed by atoms with E-state index in [9.17, 15) is 4.79 Å². The maximum atomic E-state index is 13.2. The number of nitrogens with one attached hydrogen (secondary N) is 1. The number of anilines is 1. The molecule has 0 unspecified atom stereocenters. The van der Waals surface area contributed by atoms with Gasteiger partial charge in [-0.2, -0.15) is 4.57 Å². The summed E-state index contributed by atoms with van der Waals surface area (Å²) >= 11 is 0. The molecule has 9 nitrogen and oxygen atoms in total. The fraction of sp³-hybridized carbons (Fsp3) is 0.471. The van der Waals surface area contributed by atoms with Crippen LogP contribution in [0.5, 0.6) is 6.01 Å². The van der Waals surface area contributed by atoms with E-state index in [0.29, 0.717) is 43.5 Å². The van der Waals surface area contributed by atoms with Crippen LogP contribution in [0.2, 0.25) is 0 Å². The van der Waals surface area contributed by atoms with Crippen LogP contribution in [0.15, 0.2) is 65.2 Å². The number of aromatic amines is 1. The first-order valence-electron chi connectivity index (χ1n) is 15.4. The van der Waals surface area contributed by atoms with Gasteiger partial charge in [-0.3, -0.25) is 9.88 Å². The van der Waals surface area contributed by atoms with E-state index in [1.54, 1.807) is 11.7 Å². The van der Waals surface area contributed by atoms with E-state index in [1.807, 2.05) is 4.57 Å². The number of rotatable bonds is 15. The van der Waals surface area contributed by atoms with Crippen molar-refractivity contribution in [3.05, 3.63) is 82.0 Å². The molecule has 0 bridgehead atoms. The number of ether oxygens (including phenoxy) is 2. The number of imidazole rings is 1. The quantitative estimate of drug-likeness (QED) is 0.112. The molecule has 1 fully saturated rings. The van der Waals surface area contributed by atoms with Gasteiger partial charge in [0.15, 0.2) is 5.52 Å². The molecule has 3 N–H and O–H groups in total. The summed E-state index contributed by atoms with van der Waals surface area (Å²) in [7, 11) is 1.63. The number of hydrogen-bond donors (Lipinski definition) is 2. The van der Waals surface area contributed by atoms with Crippen molar-refractivity contribution in [2.45, 2.75) is 65.5 Å². The fourth-order valence-electron chi connectivity index (χ4n) is 5.41. The molecule has 2 aromatic heterocycles. The Morgan fingerprint density at radius 3 is 2.65 bits per heavy atom. The molecule has 1 aromatic carbocycles. The number of aryl methyl sites for hydroxylation is 1. The highest BCUT2D eigenvalue weighted by atomic mass is 16.5. The summed E-state index contributed by atoms with van der Waals surface area (Å²) in [6.07, 6.45) is 13.2. The summed E-state index contributed by atoms with van der Waals surface area (Å²) in [6.45, 7) is 13.2. The smallest absolute Gasteiger partial charge is 0.436 e. The van der Waals surface area contributed by atoms with Gasteiger partial charge in [0.05, 0.1) is 19.7 Å². The molecule has 1 aliphatic heterocycles. The van der Waals surface area contributed by atoms with Gasteiger partial charge in [0.25, 0.3) is 5.65 Å². The van der Waals surface area contributed by atoms with Crippen LogP contribution in [0.25, 0.3) is 16.7 Å². The number of unbranched alkanes of at least 4 members (excludes halogenated alkanes) is 2. The van der Waals surface area contributed by atoms with Gasteiger partial charge < -0.3 is 15.2 Å². The van der Waals surface area contributed by atoms with Gasteiger partial charge in [-0.15, -0.1) is 5.73 Å². The van der Waals surface area contributed by atoms with Crippen LogP contribution in [0.1, 0.15) is 63.5 Å². The summed E-state index contributed by atoms with van der Waals surface area (Å²) in [5, 5.41) is 0. The Bertz CT molecular complexity index is 1520. The number of benzene rings is 1. The van der Waals surface area contributed by atoms with E-state index in [-0.39, 0.29) is 11.5 Å². The molecule has 1 aliphatic rings. The van der Waals surface area contributed by atoms with Crippen molar-refractivity contribution < 1.29 is 14.0 Å². The monoisotopic (exact) mass is 587 g/mol. The molecule has 0 spiro atoms. The molecule has 0 atom stereocenters. The lowest BCUT2D eigenvalue weighted by Gasteiger charge is -2.26. The molecule has 0 saturated carbocycles. The summed E-state index contributed by atoms with van der Waals surface area (Å²) in [5.74, 6) is 0.236. The third-order valence-corrected chi connectivity index (χ3v) is 7.88. The van der Waals surface area contributed by atoms with Crippen LogP contribution in [0, 0.1) is 0 Å². The predicted octanol–water partition coefficient (Wildman–Crippen LogP) is 5.01. The number of hydrogen-bond acceptors (Lipinski definition) is 6. The van der Waals surface area contributed by atoms with Crippen LogP contribution >= 0.6 is 0 Å². The second kappa shape index (κ2) is 16.1. The van der Waals surface area contributed by atoms with Gasteiger partial charge in [0, 0.05) is 19.2 Å². The van der Waals surface area contributed by atoms with Crippen molar-refractivity contribution in [1.29, 1.82) is 0 Å². The van der Waals surface area contributed by atoms with Crippen molar-refractivity contribution in [3.63, 3.8) is 0 Å². The van der Waals surface area contributed by atoms with Crippen molar-refractivity contribution in [3.8, 4) is 6.01 Å². The van der Waals surface area contributed by atoms with E-state index in [0.717, 1.165) is 61.2 Å². The minimum atomic E-state index is -0.234. The van der Waals surface area contributed by atoms with Gasteiger partial charge in [-0.25, -0.2) is 9.36 Å². The van der Waals surface area contributed by atoms with Gasteiger partial charge in [-0.05, 0) is 67.0 Å². The number of nitrogens with zero attached hydrogens (tertiary/aromatic N) is 4. The minimum Gasteiger partial charge on any atom is -0.438 e. The standard InChI is InChI=1S/C34H46N6O3/c1-5-7-9-21-39-32-30(31(35)37-34(39)43-23-22-42-4)36-33(41)40(32)25-28-15-17-29(18-16-28)26(3)13-12-14-27(6-2)24-38-19-10-8-11-20-38/h12-18,35H,2,5,7-11,19-25H2,1,3-4H3,(H,36,41)/p+1. The van der Waals surface area contributed by atoms with Gasteiger partial charge in [0.2, 0.25) is 5.82 Å². The van der Waals surface area contributed by atoms with E-state index in [1.165, 1.54) is 19.3 Å². The molecular formula is C34H47N6O3+. The number of methoxy groups -OCH3 is 1. The molecule has 4 rings (SSSR count). The Labute approximate surface area is 255 Å². The van der Waals surface area contributed by atoms with Crippen LogP contribution in [0.4, 0.5) is 5.82 Å². The molecule has 43 heavy (non-hydrogen) atoms. The highest BCUT2D eigenvalue weighted by Gasteiger charge is 2.26. The topological polar surface area (TPSA) is 102 Å². The fourth-order valence-corrected chi connectivity index (χ4v) is 5.41. The molecule has 3 aromatic rings. The van der Waals surface area contributed by atoms with Gasteiger partial charge in [-0.1, -0.05) is 69.2 Å². The van der Waals surface area contributed by atoms with Crippen LogP contribution in [-0.2, 0) is 17.8 Å². The first-order chi connectivity index (χ1) is 20.9. The number of nitrogens with two attached hydrogens (primary N) is 1. The molecule has 0 amide bonds. The van der Waals surface area contributed by atoms with Crippen LogP contribution in [0.3, 0.4) is 0 Å². The average Bonchev–Trinajstić information content (AvgIpc) is 3.35. The Hall–Kier alpha value is -3.91. The van der Waals surface area contributed by atoms with Crippen LogP contribution in [-0.4, -0.2) is 59.4 Å². The largest absolute Gasteiger partial charge is 0.438 e. The number of likely N-dealkylation sites (tertiary alicyclic amines) is 1. The summed E-state index contributed by atoms with van der Waals surface area (Å²) in [5.41, 5.74) is 14.7. The van der Waals surface area contributed by atoms with E-state index in [4.69, 9.17) is 15.2 Å². The minimum absolute atomic E-state index is 0.234. The average molecular weight is 588 g/mol. The second-order valence-corrected chi connectivity index (χ2v) is 11.1. The maximum absolute atomic E-state index is 13.2. The molecule has 1 saturated heterocycles. The van der Waals surface area contributed by atoms with Crippen molar-refractivity contribution >= 4 is 22.6 Å². The van der Waals surface area contributed by atoms with Crippen LogP contribution < -0.4 is 20.7 Å². The number of allylic oxidation sites excluding steroid dienone is 3. The van der Waals surface area contributed by atoms with Gasteiger partial charge in [0.1, 0.15) is 6.61 Å².